The van der Waals surface area contributed by atoms with E-state index in [4.69, 9.17) is 0 Å². The first-order valence-corrected chi connectivity index (χ1v) is 7.08. The van der Waals surface area contributed by atoms with Crippen molar-refractivity contribution in [1.29, 1.82) is 0 Å². The number of fused-ring (bicyclic) bond motifs is 2. The van der Waals surface area contributed by atoms with E-state index < -0.39 is 0 Å². The van der Waals surface area contributed by atoms with Crippen LogP contribution in [0.5, 0.6) is 0 Å². The van der Waals surface area contributed by atoms with Gasteiger partial charge in [0.2, 0.25) is 5.43 Å². The largest absolute Gasteiger partial charge is 0.339 e. The van der Waals surface area contributed by atoms with Crippen molar-refractivity contribution >= 4 is 21.9 Å². The number of nitrogens with zero attached hydrogens (tertiary/aromatic N) is 3. The minimum Gasteiger partial charge on any atom is -0.339 e. The highest BCUT2D eigenvalue weighted by molar-refractivity contribution is 5.92. The molecule has 0 spiro atoms. The second-order valence-corrected chi connectivity index (χ2v) is 5.41. The summed E-state index contributed by atoms with van der Waals surface area (Å²) in [6.45, 7) is 3.83. The first kappa shape index (κ1) is 12.8. The molecule has 1 N–H and O–H groups in total. The topological polar surface area (TPSA) is 63.6 Å². The van der Waals surface area contributed by atoms with Gasteiger partial charge >= 0.3 is 0 Å². The Balaban J connectivity index is 2.13. The fraction of sp³-hybridized carbons (Fsp3) is 0.118. The average Bonchev–Trinajstić information content (AvgIpc) is 2.85. The van der Waals surface area contributed by atoms with Gasteiger partial charge in [-0.25, -0.2) is 4.98 Å². The van der Waals surface area contributed by atoms with Crippen molar-refractivity contribution in [3.8, 4) is 5.82 Å². The predicted molar refractivity (Wildman–Crippen MR) is 86.5 cm³/mol. The van der Waals surface area contributed by atoms with Gasteiger partial charge in [-0.15, -0.1) is 0 Å². The van der Waals surface area contributed by atoms with E-state index in [0.29, 0.717) is 27.9 Å². The Hall–Kier alpha value is -2.95. The van der Waals surface area contributed by atoms with E-state index in [0.717, 1.165) is 11.1 Å². The van der Waals surface area contributed by atoms with Gasteiger partial charge < -0.3 is 4.98 Å². The van der Waals surface area contributed by atoms with E-state index in [1.165, 1.54) is 0 Å². The van der Waals surface area contributed by atoms with Crippen LogP contribution in [0.25, 0.3) is 27.8 Å². The lowest BCUT2D eigenvalue weighted by molar-refractivity contribution is 0.847. The average molecular weight is 290 g/mol. The fourth-order valence-corrected chi connectivity index (χ4v) is 2.72. The molecule has 0 bridgehead atoms. The van der Waals surface area contributed by atoms with E-state index in [1.54, 1.807) is 10.9 Å². The van der Waals surface area contributed by atoms with Gasteiger partial charge in [0.05, 0.1) is 16.6 Å². The Morgan fingerprint density at radius 3 is 2.68 bits per heavy atom. The molecule has 5 nitrogen and oxygen atoms in total. The molecule has 22 heavy (non-hydrogen) atoms. The maximum absolute atomic E-state index is 12.7. The number of hydrogen-bond acceptors (Lipinski definition) is 3. The lowest BCUT2D eigenvalue weighted by Crippen LogP contribution is -2.06. The van der Waals surface area contributed by atoms with Gasteiger partial charge in [0, 0.05) is 11.6 Å². The molecule has 3 aromatic heterocycles. The number of aromatic amines is 1. The highest BCUT2D eigenvalue weighted by atomic mass is 16.1. The lowest BCUT2D eigenvalue weighted by atomic mass is 10.1. The molecule has 5 heteroatoms. The number of para-hydroxylation sites is 1. The van der Waals surface area contributed by atoms with Gasteiger partial charge in [0.25, 0.3) is 0 Å². The molecule has 0 aliphatic rings. The maximum Gasteiger partial charge on any atom is 0.200 e. The van der Waals surface area contributed by atoms with E-state index in [-0.39, 0.29) is 5.43 Å². The summed E-state index contributed by atoms with van der Waals surface area (Å²) in [7, 11) is 0. The molecule has 0 saturated carbocycles. The van der Waals surface area contributed by atoms with Crippen LogP contribution in [0.2, 0.25) is 0 Å². The Morgan fingerprint density at radius 2 is 1.91 bits per heavy atom. The third-order valence-corrected chi connectivity index (χ3v) is 3.82. The van der Waals surface area contributed by atoms with E-state index in [2.05, 4.69) is 15.1 Å². The summed E-state index contributed by atoms with van der Waals surface area (Å²) < 4.78 is 1.69. The number of pyridine rings is 2. The second-order valence-electron chi connectivity index (χ2n) is 5.41. The van der Waals surface area contributed by atoms with Crippen LogP contribution in [0, 0.1) is 13.8 Å². The van der Waals surface area contributed by atoms with Crippen LogP contribution >= 0.6 is 0 Å². The predicted octanol–water partition coefficient (Wildman–Crippen LogP) is 2.88. The number of nitrogens with one attached hydrogen (secondary N) is 1. The quantitative estimate of drug-likeness (QED) is 0.586. The van der Waals surface area contributed by atoms with Crippen LogP contribution in [-0.2, 0) is 0 Å². The Morgan fingerprint density at radius 1 is 1.09 bits per heavy atom. The summed E-state index contributed by atoms with van der Waals surface area (Å²) in [6.07, 6.45) is 1.79. The number of benzene rings is 1. The number of hydrogen-bond donors (Lipinski definition) is 1. The first-order valence-electron chi connectivity index (χ1n) is 7.08. The molecule has 4 aromatic rings. The summed E-state index contributed by atoms with van der Waals surface area (Å²) in [5.41, 5.74) is 3.26. The van der Waals surface area contributed by atoms with Crippen molar-refractivity contribution in [2.24, 2.45) is 0 Å². The Bertz CT molecular complexity index is 1060. The molecule has 0 amide bonds. The normalized spacial score (nSPS) is 11.4. The molecule has 3 heterocycles. The summed E-state index contributed by atoms with van der Waals surface area (Å²) in [6, 6.07) is 11.4. The van der Waals surface area contributed by atoms with Gasteiger partial charge in [0.15, 0.2) is 5.82 Å². The van der Waals surface area contributed by atoms with Crippen LogP contribution in [0.4, 0.5) is 0 Å². The summed E-state index contributed by atoms with van der Waals surface area (Å²) in [4.78, 5) is 20.4. The molecule has 4 rings (SSSR count). The molecular weight excluding hydrogens is 276 g/mol. The Kier molecular flexibility index (Phi) is 2.63. The molecule has 0 aliphatic heterocycles. The van der Waals surface area contributed by atoms with Gasteiger partial charge in [-0.05, 0) is 37.6 Å². The van der Waals surface area contributed by atoms with Crippen molar-refractivity contribution in [1.82, 2.24) is 19.7 Å². The van der Waals surface area contributed by atoms with E-state index >= 15 is 0 Å². The zero-order chi connectivity index (χ0) is 15.3. The number of aromatic nitrogens is 4. The van der Waals surface area contributed by atoms with E-state index in [1.807, 2.05) is 50.2 Å². The summed E-state index contributed by atoms with van der Waals surface area (Å²) >= 11 is 0. The third kappa shape index (κ3) is 1.75. The van der Waals surface area contributed by atoms with Crippen molar-refractivity contribution in [2.45, 2.75) is 13.8 Å². The van der Waals surface area contributed by atoms with Crippen LogP contribution in [0.3, 0.4) is 0 Å². The van der Waals surface area contributed by atoms with Crippen molar-refractivity contribution in [3.05, 3.63) is 64.1 Å². The molecular formula is C17H14N4O. The van der Waals surface area contributed by atoms with Crippen LogP contribution in [0.1, 0.15) is 11.3 Å². The smallest absolute Gasteiger partial charge is 0.200 e. The number of aryl methyl sites for hydroxylation is 2. The molecule has 0 atom stereocenters. The van der Waals surface area contributed by atoms with E-state index in [9.17, 15) is 4.79 Å². The fourth-order valence-electron chi connectivity index (χ4n) is 2.72. The van der Waals surface area contributed by atoms with Crippen molar-refractivity contribution in [2.75, 3.05) is 0 Å². The Labute approximate surface area is 126 Å². The summed E-state index contributed by atoms with van der Waals surface area (Å²) in [5, 5.41) is 5.78. The third-order valence-electron chi connectivity index (χ3n) is 3.82. The molecule has 108 valence electrons. The molecule has 1 aromatic carbocycles. The summed E-state index contributed by atoms with van der Waals surface area (Å²) in [5.74, 6) is 0.689. The van der Waals surface area contributed by atoms with Crippen molar-refractivity contribution < 1.29 is 0 Å². The minimum atomic E-state index is 0.000196. The number of rotatable bonds is 1. The molecule has 0 saturated heterocycles. The molecule has 0 fully saturated rings. The highest BCUT2D eigenvalue weighted by Crippen LogP contribution is 2.19. The number of H-pyrrole nitrogens is 1. The second kappa shape index (κ2) is 4.53. The van der Waals surface area contributed by atoms with Crippen LogP contribution < -0.4 is 5.43 Å². The SMILES string of the molecule is Cc1ccc(-n2nc(C)c3c(=O)c4ccccc4[nH]c32)nc1. The standard InChI is InChI=1S/C17H14N4O/c1-10-7-8-14(18-9-10)21-17-15(11(2)20-21)16(22)12-5-3-4-6-13(12)19-17/h3-9H,1-2H3,(H,19,22). The molecule has 0 radical (unpaired) electrons. The van der Waals surface area contributed by atoms with Crippen LogP contribution in [-0.4, -0.2) is 19.7 Å². The monoisotopic (exact) mass is 290 g/mol. The molecule has 0 aliphatic carbocycles. The minimum absolute atomic E-state index is 0.000196. The zero-order valence-corrected chi connectivity index (χ0v) is 12.3. The van der Waals surface area contributed by atoms with Gasteiger partial charge in [-0.3, -0.25) is 4.79 Å². The maximum atomic E-state index is 12.7. The van der Waals surface area contributed by atoms with Gasteiger partial charge in [-0.1, -0.05) is 18.2 Å². The first-order chi connectivity index (χ1) is 10.6. The lowest BCUT2D eigenvalue weighted by Gasteiger charge is -2.04. The highest BCUT2D eigenvalue weighted by Gasteiger charge is 2.15. The van der Waals surface area contributed by atoms with Crippen LogP contribution in [0.15, 0.2) is 47.4 Å². The van der Waals surface area contributed by atoms with Crippen molar-refractivity contribution in [3.63, 3.8) is 0 Å². The van der Waals surface area contributed by atoms with Gasteiger partial charge in [0.1, 0.15) is 5.65 Å². The zero-order valence-electron chi connectivity index (χ0n) is 12.3. The van der Waals surface area contributed by atoms with Gasteiger partial charge in [-0.2, -0.15) is 9.78 Å². The molecule has 0 unspecified atom stereocenters.